The molecule has 5 heteroatoms. The third-order valence-electron chi connectivity index (χ3n) is 4.08. The van der Waals surface area contributed by atoms with Gasteiger partial charge < -0.3 is 15.5 Å². The minimum Gasteiger partial charge on any atom is -0.507 e. The van der Waals surface area contributed by atoms with Gasteiger partial charge in [0.05, 0.1) is 12.2 Å². The summed E-state index contributed by atoms with van der Waals surface area (Å²) in [6, 6.07) is 3.31. The van der Waals surface area contributed by atoms with Crippen LogP contribution in [0.15, 0.2) is 18.2 Å². The monoisotopic (exact) mass is 281 g/mol. The van der Waals surface area contributed by atoms with E-state index in [0.717, 1.165) is 44.2 Å². The van der Waals surface area contributed by atoms with Crippen LogP contribution in [-0.4, -0.2) is 29.3 Å². The van der Waals surface area contributed by atoms with Gasteiger partial charge in [-0.15, -0.1) is 0 Å². The fourth-order valence-electron chi connectivity index (χ4n) is 2.75. The summed E-state index contributed by atoms with van der Waals surface area (Å²) in [5.74, 6) is -1.40. The van der Waals surface area contributed by atoms with E-state index in [9.17, 15) is 19.4 Å². The van der Waals surface area contributed by atoms with Crippen LogP contribution in [0.5, 0.6) is 5.75 Å². The molecule has 0 unspecified atom stereocenters. The number of halogens is 1. The van der Waals surface area contributed by atoms with Crippen LogP contribution in [0.1, 0.15) is 42.5 Å². The SMILES string of the molecule is O=C(NCC1(CO)CCCCC1)c1ccc(F)cc1O. The molecule has 0 spiro atoms. The molecule has 1 aliphatic rings. The number of carbonyl (C=O) groups excluding carboxylic acids is 1. The summed E-state index contributed by atoms with van der Waals surface area (Å²) in [4.78, 5) is 12.0. The average molecular weight is 281 g/mol. The van der Waals surface area contributed by atoms with Gasteiger partial charge in [0.15, 0.2) is 0 Å². The number of aliphatic hydroxyl groups is 1. The molecule has 1 saturated carbocycles. The standard InChI is InChI=1S/C15H20FNO3/c16-11-4-5-12(13(19)8-11)14(20)17-9-15(10-18)6-2-1-3-7-15/h4-5,8,18-19H,1-3,6-7,9-10H2,(H,17,20). The number of carbonyl (C=O) groups is 1. The van der Waals surface area contributed by atoms with Crippen LogP contribution in [0.4, 0.5) is 4.39 Å². The molecule has 0 radical (unpaired) electrons. The lowest BCUT2D eigenvalue weighted by Gasteiger charge is -2.35. The summed E-state index contributed by atoms with van der Waals surface area (Å²) >= 11 is 0. The fourth-order valence-corrected chi connectivity index (χ4v) is 2.75. The molecular formula is C15H20FNO3. The number of hydrogen-bond acceptors (Lipinski definition) is 3. The second-order valence-corrected chi connectivity index (χ2v) is 5.56. The van der Waals surface area contributed by atoms with Crippen LogP contribution in [0.3, 0.4) is 0 Å². The molecular weight excluding hydrogens is 261 g/mol. The summed E-state index contributed by atoms with van der Waals surface area (Å²) in [7, 11) is 0. The molecule has 0 atom stereocenters. The minimum absolute atomic E-state index is 0.0443. The van der Waals surface area contributed by atoms with Crippen molar-refractivity contribution in [3.63, 3.8) is 0 Å². The maximum absolute atomic E-state index is 12.9. The van der Waals surface area contributed by atoms with E-state index >= 15 is 0 Å². The molecule has 110 valence electrons. The first kappa shape index (κ1) is 14.8. The van der Waals surface area contributed by atoms with E-state index in [-0.39, 0.29) is 23.3 Å². The number of phenols is 1. The van der Waals surface area contributed by atoms with Crippen molar-refractivity contribution in [2.24, 2.45) is 5.41 Å². The predicted molar refractivity (Wildman–Crippen MR) is 73.0 cm³/mol. The van der Waals surface area contributed by atoms with E-state index in [0.29, 0.717) is 6.54 Å². The van der Waals surface area contributed by atoms with Gasteiger partial charge in [0, 0.05) is 18.0 Å². The number of aromatic hydroxyl groups is 1. The van der Waals surface area contributed by atoms with Crippen LogP contribution < -0.4 is 5.32 Å². The highest BCUT2D eigenvalue weighted by molar-refractivity contribution is 5.96. The number of hydrogen-bond donors (Lipinski definition) is 3. The normalized spacial score (nSPS) is 17.7. The topological polar surface area (TPSA) is 69.6 Å². The van der Waals surface area contributed by atoms with Crippen LogP contribution in [0.25, 0.3) is 0 Å². The van der Waals surface area contributed by atoms with Crippen molar-refractivity contribution in [1.29, 1.82) is 0 Å². The molecule has 0 bridgehead atoms. The first-order chi connectivity index (χ1) is 9.56. The van der Waals surface area contributed by atoms with Crippen LogP contribution in [-0.2, 0) is 0 Å². The predicted octanol–water partition coefficient (Wildman–Crippen LogP) is 2.20. The summed E-state index contributed by atoms with van der Waals surface area (Å²) in [6.07, 6.45) is 5.04. The van der Waals surface area contributed by atoms with Crippen molar-refractivity contribution in [2.45, 2.75) is 32.1 Å². The van der Waals surface area contributed by atoms with Crippen molar-refractivity contribution in [3.05, 3.63) is 29.6 Å². The molecule has 1 aromatic carbocycles. The van der Waals surface area contributed by atoms with Gasteiger partial charge in [0.1, 0.15) is 11.6 Å². The first-order valence-corrected chi connectivity index (χ1v) is 6.94. The second kappa shape index (κ2) is 6.22. The number of nitrogens with one attached hydrogen (secondary N) is 1. The molecule has 1 aliphatic carbocycles. The Morgan fingerprint density at radius 1 is 1.30 bits per heavy atom. The number of aliphatic hydroxyl groups excluding tert-OH is 1. The highest BCUT2D eigenvalue weighted by atomic mass is 19.1. The lowest BCUT2D eigenvalue weighted by Crippen LogP contribution is -2.41. The summed E-state index contributed by atoms with van der Waals surface area (Å²) in [5.41, 5.74) is -0.209. The molecule has 2 rings (SSSR count). The van der Waals surface area contributed by atoms with Gasteiger partial charge in [-0.05, 0) is 25.0 Å². The quantitative estimate of drug-likeness (QED) is 0.792. The number of amides is 1. The van der Waals surface area contributed by atoms with Crippen LogP contribution in [0, 0.1) is 11.2 Å². The average Bonchev–Trinajstić information content (AvgIpc) is 2.46. The lowest BCUT2D eigenvalue weighted by atomic mass is 9.74. The molecule has 1 fully saturated rings. The molecule has 3 N–H and O–H groups in total. The van der Waals surface area contributed by atoms with Crippen molar-refractivity contribution in [3.8, 4) is 5.75 Å². The molecule has 0 aliphatic heterocycles. The molecule has 1 aromatic rings. The molecule has 0 saturated heterocycles. The maximum atomic E-state index is 12.9. The van der Waals surface area contributed by atoms with Crippen LogP contribution >= 0.6 is 0 Å². The Bertz CT molecular complexity index is 484. The minimum atomic E-state index is -0.585. The van der Waals surface area contributed by atoms with E-state index in [4.69, 9.17) is 0 Å². The van der Waals surface area contributed by atoms with Crippen LogP contribution in [0.2, 0.25) is 0 Å². The van der Waals surface area contributed by atoms with E-state index < -0.39 is 11.7 Å². The Kier molecular flexibility index (Phi) is 4.60. The zero-order valence-corrected chi connectivity index (χ0v) is 11.4. The maximum Gasteiger partial charge on any atom is 0.255 e. The fraction of sp³-hybridized carbons (Fsp3) is 0.533. The zero-order valence-electron chi connectivity index (χ0n) is 11.4. The molecule has 4 nitrogen and oxygen atoms in total. The zero-order chi connectivity index (χ0) is 14.6. The van der Waals surface area contributed by atoms with E-state index in [2.05, 4.69) is 5.32 Å². The van der Waals surface area contributed by atoms with Crippen molar-refractivity contribution < 1.29 is 19.4 Å². The largest absolute Gasteiger partial charge is 0.507 e. The summed E-state index contributed by atoms with van der Waals surface area (Å²) in [6.45, 7) is 0.418. The van der Waals surface area contributed by atoms with Gasteiger partial charge >= 0.3 is 0 Å². The van der Waals surface area contributed by atoms with Gasteiger partial charge in [-0.2, -0.15) is 0 Å². The van der Waals surface area contributed by atoms with E-state index in [1.54, 1.807) is 0 Å². The van der Waals surface area contributed by atoms with Crippen molar-refractivity contribution in [1.82, 2.24) is 5.32 Å². The van der Waals surface area contributed by atoms with Gasteiger partial charge in [0.2, 0.25) is 0 Å². The summed E-state index contributed by atoms with van der Waals surface area (Å²) < 4.78 is 12.9. The Hall–Kier alpha value is -1.62. The van der Waals surface area contributed by atoms with E-state index in [1.807, 2.05) is 0 Å². The molecule has 0 aromatic heterocycles. The Labute approximate surface area is 117 Å². The molecule has 1 amide bonds. The van der Waals surface area contributed by atoms with Gasteiger partial charge in [-0.25, -0.2) is 4.39 Å². The second-order valence-electron chi connectivity index (χ2n) is 5.56. The van der Waals surface area contributed by atoms with E-state index in [1.165, 1.54) is 6.07 Å². The summed E-state index contributed by atoms with van der Waals surface area (Å²) in [5, 5.41) is 21.9. The third kappa shape index (κ3) is 3.28. The third-order valence-corrected chi connectivity index (χ3v) is 4.08. The van der Waals surface area contributed by atoms with Crippen molar-refractivity contribution >= 4 is 5.91 Å². The molecule has 0 heterocycles. The first-order valence-electron chi connectivity index (χ1n) is 6.94. The Morgan fingerprint density at radius 3 is 2.60 bits per heavy atom. The van der Waals surface area contributed by atoms with Crippen molar-refractivity contribution in [2.75, 3.05) is 13.2 Å². The number of phenolic OH excluding ortho intramolecular Hbond substituents is 1. The lowest BCUT2D eigenvalue weighted by molar-refractivity contribution is 0.0717. The highest BCUT2D eigenvalue weighted by Gasteiger charge is 2.32. The molecule has 20 heavy (non-hydrogen) atoms. The Balaban J connectivity index is 2.00. The number of rotatable bonds is 4. The Morgan fingerprint density at radius 2 is 2.00 bits per heavy atom. The smallest absolute Gasteiger partial charge is 0.255 e. The van der Waals surface area contributed by atoms with Gasteiger partial charge in [0.25, 0.3) is 5.91 Å². The number of benzene rings is 1. The highest BCUT2D eigenvalue weighted by Crippen LogP contribution is 2.35. The van der Waals surface area contributed by atoms with Gasteiger partial charge in [-0.3, -0.25) is 4.79 Å². The van der Waals surface area contributed by atoms with Gasteiger partial charge in [-0.1, -0.05) is 19.3 Å².